The van der Waals surface area contributed by atoms with Gasteiger partial charge in [-0.15, -0.1) is 0 Å². The molecule has 0 aromatic rings. The SMILES string of the molecule is CCCCCCCC/C=C\CCCCCCCCCCCCCCCC(=O)N[C@@H](CO[C@@H]1OC(CO)[C@@H](O[C@@H]2OC(CO)[C@H](O)[C@H](O[C@@H]3OC(CO[C@]4(C(=O)O)CC(O)[C@@H](NC(C)=O)C([C@H](O)[C@H](O)CO)O4)[C@@H](O[C@H]4OC(C)[C@@H](O)C(O)[C@@H]4O)[C@H](O[C@@H]4OC(CO)[C@H](O)[C@H](O[C@]5(C(=O)O)CC(O)[C@@H](NC(C)=O)C([C@H](O)[C@H](O)CO)O5)C4O)C3NC(C)=O)C2O)[C@H](O)C1O)[C@H](O)/C=C/CCCCCCCCCCCCC. The summed E-state index contributed by atoms with van der Waals surface area (Å²) in [5, 5.41) is 272. The van der Waals surface area contributed by atoms with Gasteiger partial charge in [0.2, 0.25) is 23.6 Å². The standard InChI is InChI=1S/C98H172N4O43/c1-7-9-11-13-15-17-19-21-22-23-24-25-26-27-28-29-30-32-34-36-38-40-42-44-68(116)102-58(59(111)43-41-39-37-35-33-31-20-18-16-14-12-10-8-2)52-132-91-80(125)78(123)83(66(51-107)137-91)139-93-81(126)88(75(120)64(49-105)135-93)142-90-71(101-57(6)110)87(141-94-82(127)89(76(121)65(50-106)136-94)145-98(96(130)131)46-61(113)70(100-56(5)109)86(144-98)74(119)63(115)48-104)84(140-92-79(124)77(122)72(117)54(3)134-92)67(138-90)53-133-97(95(128)129)45-60(112)69(99-55(4)108)85(143-97)73(118)62(114)47-103/h21-22,41,43,54,58-67,69-94,103-107,111-115,117-127H,7-20,23-40,42,44-53H2,1-6H3,(H,99,108)(H,100,109)(H,101,110)(H,102,116)(H,128,129)(H,130,131)/b22-21-,43-41+/t54?,58-,59+,60?,61?,62+,63+,64?,65?,66?,67?,69+,70+,71?,72+,73+,74+,75-,76-,77?,78+,79-,80?,81?,82?,83+,84+,85?,86?,87+,88-,89-,90-,91+,92+,93-,94-,97+,98-/m0/s1. The van der Waals surface area contributed by atoms with E-state index in [2.05, 4.69) is 47.3 Å². The number of carboxylic acids is 2. The predicted octanol–water partition coefficient (Wildman–Crippen LogP) is -2.12. The van der Waals surface area contributed by atoms with E-state index in [1.807, 2.05) is 0 Å². The molecule has 0 bridgehead atoms. The molecule has 0 radical (unpaired) electrons. The van der Waals surface area contributed by atoms with Gasteiger partial charge in [-0.3, -0.25) is 19.2 Å². The first-order valence-corrected chi connectivity index (χ1v) is 52.2. The number of rotatable bonds is 68. The fourth-order valence-corrected chi connectivity index (χ4v) is 19.3. The van der Waals surface area contributed by atoms with E-state index in [1.165, 1.54) is 135 Å². The Labute approximate surface area is 847 Å². The first-order chi connectivity index (χ1) is 69.2. The van der Waals surface area contributed by atoms with Gasteiger partial charge in [0.1, 0.15) is 153 Å². The molecule has 0 aromatic heterocycles. The lowest BCUT2D eigenvalue weighted by molar-refractivity contribution is -0.402. The Hall–Kier alpha value is -5.10. The number of aliphatic hydroxyl groups excluding tert-OH is 21. The molecule has 7 saturated heterocycles. The number of carbonyl (C=O) groups is 6. The lowest BCUT2D eigenvalue weighted by Gasteiger charge is -2.53. The van der Waals surface area contributed by atoms with Crippen molar-refractivity contribution in [1.29, 1.82) is 0 Å². The third kappa shape index (κ3) is 38.2. The Kier molecular flexibility index (Phi) is 57.2. The van der Waals surface area contributed by atoms with Crippen LogP contribution in [0.25, 0.3) is 0 Å². The largest absolute Gasteiger partial charge is 0.477 e. The van der Waals surface area contributed by atoms with Crippen LogP contribution >= 0.6 is 0 Å². The van der Waals surface area contributed by atoms with Crippen molar-refractivity contribution < 1.29 is 213 Å². The zero-order valence-electron chi connectivity index (χ0n) is 84.5. The van der Waals surface area contributed by atoms with Crippen molar-refractivity contribution in [2.24, 2.45) is 0 Å². The van der Waals surface area contributed by atoms with Gasteiger partial charge in [-0.05, 0) is 51.9 Å². The van der Waals surface area contributed by atoms with Gasteiger partial charge in [0, 0.05) is 40.0 Å². The van der Waals surface area contributed by atoms with Crippen molar-refractivity contribution in [2.75, 3.05) is 46.2 Å². The molecule has 7 heterocycles. The maximum Gasteiger partial charge on any atom is 0.364 e. The summed E-state index contributed by atoms with van der Waals surface area (Å²) in [7, 11) is 0. The van der Waals surface area contributed by atoms with E-state index < -0.39 is 333 Å². The smallest absolute Gasteiger partial charge is 0.364 e. The van der Waals surface area contributed by atoms with Crippen molar-refractivity contribution in [3.63, 3.8) is 0 Å². The summed E-state index contributed by atoms with van der Waals surface area (Å²) in [6.07, 6.45) is -31.8. The van der Waals surface area contributed by atoms with Gasteiger partial charge >= 0.3 is 11.9 Å². The number of amides is 4. The second-order valence-electron chi connectivity index (χ2n) is 39.5. The average Bonchev–Trinajstić information content (AvgIpc) is 0.746. The van der Waals surface area contributed by atoms with Crippen LogP contribution in [-0.4, -0.2) is 437 Å². The second kappa shape index (κ2) is 65.4. The molecule has 7 fully saturated rings. The second-order valence-corrected chi connectivity index (χ2v) is 39.5. The van der Waals surface area contributed by atoms with Crippen LogP contribution in [0.2, 0.25) is 0 Å². The third-order valence-electron chi connectivity index (χ3n) is 27.8. The first kappa shape index (κ1) is 127. The molecule has 4 amide bonds. The fraction of sp³-hybridized carbons (Fsp3) is 0.898. The van der Waals surface area contributed by atoms with E-state index in [0.29, 0.717) is 12.8 Å². The summed E-state index contributed by atoms with van der Waals surface area (Å²) in [5.41, 5.74) is 0. The minimum atomic E-state index is -3.45. The molecule has 47 nitrogen and oxygen atoms in total. The molecule has 842 valence electrons. The van der Waals surface area contributed by atoms with Crippen LogP contribution in [0, 0.1) is 0 Å². The van der Waals surface area contributed by atoms with E-state index in [-0.39, 0.29) is 6.42 Å². The normalized spacial score (nSPS) is 35.5. The number of carbonyl (C=O) groups excluding carboxylic acids is 4. The van der Waals surface area contributed by atoms with Gasteiger partial charge in [-0.2, -0.15) is 0 Å². The predicted molar refractivity (Wildman–Crippen MR) is 508 cm³/mol. The van der Waals surface area contributed by atoms with Crippen molar-refractivity contribution in [1.82, 2.24) is 21.3 Å². The molecule has 7 aliphatic heterocycles. The number of allylic oxidation sites excluding steroid dienone is 3. The fourth-order valence-electron chi connectivity index (χ4n) is 19.3. The number of ether oxygens (including phenoxy) is 14. The highest BCUT2D eigenvalue weighted by atomic mass is 16.8. The molecule has 0 spiro atoms. The number of hydrogen-bond acceptors (Lipinski definition) is 41. The topological polar surface area (TPSA) is 745 Å². The van der Waals surface area contributed by atoms with Gasteiger partial charge in [0.25, 0.3) is 11.6 Å². The Morgan fingerprint density at radius 3 is 1.22 bits per heavy atom. The Balaban J connectivity index is 1.17. The summed E-state index contributed by atoms with van der Waals surface area (Å²) in [5.74, 6) is -14.7. The van der Waals surface area contributed by atoms with Crippen LogP contribution in [-0.2, 0) is 95.1 Å². The summed E-state index contributed by atoms with van der Waals surface area (Å²) < 4.78 is 85.7. The van der Waals surface area contributed by atoms with Gasteiger partial charge < -0.3 is 205 Å². The van der Waals surface area contributed by atoms with E-state index in [0.717, 1.165) is 97.8 Å². The van der Waals surface area contributed by atoms with Gasteiger partial charge in [0.15, 0.2) is 31.5 Å². The molecule has 7 rings (SSSR count). The highest BCUT2D eigenvalue weighted by Gasteiger charge is 2.64. The number of carboxylic acid groups (broad SMARTS) is 2. The average molecular weight is 2090 g/mol. The number of hydrogen-bond donors (Lipinski definition) is 27. The van der Waals surface area contributed by atoms with E-state index >= 15 is 0 Å². The highest BCUT2D eigenvalue weighted by Crippen LogP contribution is 2.43. The quantitative estimate of drug-likeness (QED) is 0.0229. The van der Waals surface area contributed by atoms with Gasteiger partial charge in [-0.25, -0.2) is 9.59 Å². The van der Waals surface area contributed by atoms with Crippen LogP contribution in [0.5, 0.6) is 0 Å². The van der Waals surface area contributed by atoms with E-state index in [9.17, 15) is 146 Å². The van der Waals surface area contributed by atoms with Gasteiger partial charge in [-0.1, -0.05) is 205 Å². The summed E-state index contributed by atoms with van der Waals surface area (Å²) in [6.45, 7) is 0.0633. The summed E-state index contributed by atoms with van der Waals surface area (Å²) in [6, 6.07) is -7.18. The Morgan fingerprint density at radius 1 is 0.386 bits per heavy atom. The van der Waals surface area contributed by atoms with Crippen LogP contribution in [0.3, 0.4) is 0 Å². The minimum Gasteiger partial charge on any atom is -0.477 e. The van der Waals surface area contributed by atoms with Crippen LogP contribution in [0.15, 0.2) is 24.3 Å². The van der Waals surface area contributed by atoms with Crippen LogP contribution in [0.4, 0.5) is 0 Å². The van der Waals surface area contributed by atoms with Crippen molar-refractivity contribution in [3.05, 3.63) is 24.3 Å². The molecule has 47 heteroatoms. The molecule has 0 aliphatic carbocycles. The summed E-state index contributed by atoms with van der Waals surface area (Å²) in [4.78, 5) is 80.7. The zero-order valence-corrected chi connectivity index (χ0v) is 84.5. The Bertz CT molecular complexity index is 3730. The number of aliphatic hydroxyl groups is 21. The molecule has 0 aromatic carbocycles. The van der Waals surface area contributed by atoms with Crippen molar-refractivity contribution in [3.8, 4) is 0 Å². The molecular formula is C98H172N4O43. The molecule has 7 aliphatic rings. The monoisotopic (exact) mass is 2090 g/mol. The van der Waals surface area contributed by atoms with Crippen LogP contribution in [0.1, 0.15) is 273 Å². The third-order valence-corrected chi connectivity index (χ3v) is 27.8. The maximum absolute atomic E-state index is 14.1. The maximum atomic E-state index is 14.1. The van der Waals surface area contributed by atoms with Crippen molar-refractivity contribution >= 4 is 35.6 Å². The Morgan fingerprint density at radius 2 is 0.766 bits per heavy atom. The summed E-state index contributed by atoms with van der Waals surface area (Å²) >= 11 is 0. The number of aliphatic carboxylic acids is 2. The zero-order chi connectivity index (χ0) is 107. The molecular weight excluding hydrogens is 1920 g/mol. The molecule has 0 saturated carbocycles. The molecule has 14 unspecified atom stereocenters. The van der Waals surface area contributed by atoms with E-state index in [1.54, 1.807) is 6.08 Å². The lowest BCUT2D eigenvalue weighted by Crippen LogP contribution is -2.72. The molecule has 145 heavy (non-hydrogen) atoms. The number of nitrogens with one attached hydrogen (secondary N) is 4. The first-order valence-electron chi connectivity index (χ1n) is 52.2. The molecule has 39 atom stereocenters. The van der Waals surface area contributed by atoms with Gasteiger partial charge in [0.05, 0.1) is 88.8 Å². The van der Waals surface area contributed by atoms with Crippen LogP contribution < -0.4 is 21.3 Å². The van der Waals surface area contributed by atoms with E-state index in [4.69, 9.17) is 66.3 Å². The lowest BCUT2D eigenvalue weighted by atomic mass is 9.88. The highest BCUT2D eigenvalue weighted by molar-refractivity contribution is 5.78. The van der Waals surface area contributed by atoms with Crippen molar-refractivity contribution in [2.45, 2.75) is 511 Å². The molecule has 27 N–H and O–H groups in total. The number of unbranched alkanes of at least 4 members (excludes halogenated alkanes) is 30. The minimum absolute atomic E-state index is 0.0919.